The van der Waals surface area contributed by atoms with Gasteiger partial charge in [0.05, 0.1) is 68.9 Å². The normalized spacial score (nSPS) is 26.8. The van der Waals surface area contributed by atoms with Crippen LogP contribution in [0, 0.1) is 29.6 Å². The quantitative estimate of drug-likeness (QED) is 0.0260. The summed E-state index contributed by atoms with van der Waals surface area (Å²) in [6.07, 6.45) is -3.81. The van der Waals surface area contributed by atoms with Crippen LogP contribution < -0.4 is 40.8 Å². The Morgan fingerprint density at radius 3 is 2.28 bits per heavy atom. The molecule has 3 aromatic rings. The Balaban J connectivity index is 0.735. The van der Waals surface area contributed by atoms with E-state index in [1.165, 1.54) is 25.3 Å². The summed E-state index contributed by atoms with van der Waals surface area (Å²) in [7, 11) is -3.22. The van der Waals surface area contributed by atoms with E-state index in [4.69, 9.17) is 33.2 Å². The number of nitrogens with zero attached hydrogens (tertiary/aromatic N) is 1. The van der Waals surface area contributed by atoms with Crippen molar-refractivity contribution in [2.45, 2.75) is 120 Å². The van der Waals surface area contributed by atoms with Gasteiger partial charge in [-0.25, -0.2) is 9.52 Å². The van der Waals surface area contributed by atoms with Gasteiger partial charge in [-0.2, -0.15) is 13.1 Å². The Kier molecular flexibility index (Phi) is 19.9. The van der Waals surface area contributed by atoms with Crippen LogP contribution in [0.3, 0.4) is 0 Å². The minimum atomic E-state index is -4.54. The molecule has 0 radical (unpaired) electrons. The van der Waals surface area contributed by atoms with Crippen LogP contribution in [0.2, 0.25) is 0 Å². The summed E-state index contributed by atoms with van der Waals surface area (Å²) in [6, 6.07) is 11.3. The van der Waals surface area contributed by atoms with Crippen molar-refractivity contribution in [2.24, 2.45) is 17.8 Å². The van der Waals surface area contributed by atoms with Crippen LogP contribution in [0.25, 0.3) is 0 Å². The molecule has 478 valence electrons. The second-order valence-electron chi connectivity index (χ2n) is 22.8. The molecule has 0 bridgehead atoms. The molecule has 29 heteroatoms. The van der Waals surface area contributed by atoms with Crippen molar-refractivity contribution in [2.75, 3.05) is 66.2 Å². The molecule has 1 unspecified atom stereocenters. The van der Waals surface area contributed by atoms with Crippen LogP contribution in [0.5, 0.6) is 17.2 Å². The molecule has 6 amide bonds. The summed E-state index contributed by atoms with van der Waals surface area (Å²) >= 11 is 0. The summed E-state index contributed by atoms with van der Waals surface area (Å²) < 4.78 is 70.2. The number of ether oxygens (including phenoxy) is 7. The predicted molar refractivity (Wildman–Crippen MR) is 308 cm³/mol. The van der Waals surface area contributed by atoms with Gasteiger partial charge in [-0.15, -0.1) is 11.8 Å². The van der Waals surface area contributed by atoms with E-state index < -0.39 is 161 Å². The third kappa shape index (κ3) is 14.3. The number of rotatable bonds is 23. The number of phenols is 2. The number of carbonyl (C=O) groups is 8. The second kappa shape index (κ2) is 27.5. The lowest BCUT2D eigenvalue weighted by atomic mass is 9.72. The smallest absolute Gasteiger partial charge is 0.421 e. The highest BCUT2D eigenvalue weighted by Gasteiger charge is 2.56. The second-order valence-corrected chi connectivity index (χ2v) is 24.3. The van der Waals surface area contributed by atoms with E-state index in [9.17, 15) is 62.1 Å². The number of aromatic hydroxyl groups is 2. The third-order valence-corrected chi connectivity index (χ3v) is 18.1. The summed E-state index contributed by atoms with van der Waals surface area (Å²) in [5, 5.41) is 49.0. The molecular weight excluding hydrogens is 1180 g/mol. The molecule has 3 heterocycles. The molecule has 4 fully saturated rings. The van der Waals surface area contributed by atoms with Crippen LogP contribution in [0.1, 0.15) is 107 Å². The highest BCUT2D eigenvalue weighted by atomic mass is 32.2. The van der Waals surface area contributed by atoms with Crippen LogP contribution in [-0.4, -0.2) is 191 Å². The lowest BCUT2D eigenvalue weighted by Gasteiger charge is -2.43. The summed E-state index contributed by atoms with van der Waals surface area (Å²) in [4.78, 5) is 110. The first kappa shape index (κ1) is 64.2. The Bertz CT molecular complexity index is 3410. The maximum absolute atomic E-state index is 14.3. The fraction of sp³-hybridized carbons (Fsp3) is 0.533. The molecule has 0 aromatic heterocycles. The zero-order valence-electron chi connectivity index (χ0n) is 49.1. The molecule has 89 heavy (non-hydrogen) atoms. The van der Waals surface area contributed by atoms with Crippen molar-refractivity contribution >= 4 is 57.4 Å². The predicted octanol–water partition coefficient (Wildman–Crippen LogP) is -0.268. The van der Waals surface area contributed by atoms with Gasteiger partial charge in [-0.3, -0.25) is 38.5 Å². The monoisotopic (exact) mass is 1260 g/mol. The molecular formula is C60H72N8O20S. The van der Waals surface area contributed by atoms with Gasteiger partial charge in [0.15, 0.2) is 24.6 Å². The maximum atomic E-state index is 14.3. The Morgan fingerprint density at radius 2 is 1.55 bits per heavy atom. The molecule has 7 aliphatic rings. The van der Waals surface area contributed by atoms with Crippen molar-refractivity contribution in [1.29, 1.82) is 0 Å². The summed E-state index contributed by atoms with van der Waals surface area (Å²) in [6.45, 7) is 2.20. The number of morpholine rings is 1. The average Bonchev–Trinajstić information content (AvgIpc) is 1.57. The van der Waals surface area contributed by atoms with Crippen LogP contribution in [-0.2, 0) is 75.4 Å². The maximum Gasteiger partial charge on any atom is 0.421 e. The number of benzene rings is 3. The number of ketones is 2. The van der Waals surface area contributed by atoms with Crippen LogP contribution in [0.15, 0.2) is 48.5 Å². The number of hydrogen-bond acceptors (Lipinski definition) is 21. The van der Waals surface area contributed by atoms with Crippen LogP contribution in [0.4, 0.5) is 4.79 Å². The molecule has 28 nitrogen and oxygen atoms in total. The van der Waals surface area contributed by atoms with Gasteiger partial charge in [-0.1, -0.05) is 42.5 Å². The van der Waals surface area contributed by atoms with Crippen molar-refractivity contribution in [3.63, 3.8) is 0 Å². The number of aliphatic hydroxyl groups is 1. The van der Waals surface area contributed by atoms with E-state index in [1.807, 2.05) is 11.6 Å². The van der Waals surface area contributed by atoms with Gasteiger partial charge < -0.3 is 75.1 Å². The highest BCUT2D eigenvalue weighted by molar-refractivity contribution is 7.88. The number of amides is 6. The van der Waals surface area contributed by atoms with Gasteiger partial charge in [0, 0.05) is 87.5 Å². The van der Waals surface area contributed by atoms with Crippen molar-refractivity contribution in [3.8, 4) is 29.1 Å². The molecule has 3 saturated heterocycles. The fourth-order valence-electron chi connectivity index (χ4n) is 12.8. The van der Waals surface area contributed by atoms with Gasteiger partial charge in [0.2, 0.25) is 29.4 Å². The number of hydrogen-bond donors (Lipinski definition) is 10. The van der Waals surface area contributed by atoms with Gasteiger partial charge >= 0.3 is 16.3 Å². The number of phenolic OH excluding ortho intramolecular Hbond substituents is 2. The Hall–Kier alpha value is -7.79. The standard InChI is InChI=1S/C60H72N8O20S/c1-4-83-57-56-68(21-22-84-57)39-24-45(86-31(2)54(39)88-56)87-41-26-60(79,25-36-47(41)53(75)49-48(51(36)73)50(72)35-17-12-18-40(82-3)46(35)52(49)74)58(77)62-20-19-61-42(69)27-64-55(76)38(23-32-13-8-7-9-14-32)66-44(71)28-63-43(70)29-65-89(80,81)67-59(78)85-30-37-33-15-10-5-6-11-16-34(33)37/h7-9,12-14,17-18,31,33-34,37-39,41,45,54,56-57,65,73,75,79H,4,10-11,15-16,19-30H2,1-3H3,(H,61,69)(H,62,77)(H,63,70)(H,64,76)(H,66,71)(H,67,78)/t31-,33-,34+,37?,38-,39-,41-,45-,54+,56+,57-,60-/m0/s1. The number of nitrogens with one attached hydrogen (secondary N) is 7. The van der Waals surface area contributed by atoms with E-state index in [2.05, 4.69) is 43.3 Å². The van der Waals surface area contributed by atoms with E-state index in [-0.39, 0.29) is 72.5 Å². The molecule has 4 aliphatic carbocycles. The zero-order chi connectivity index (χ0) is 63.3. The van der Waals surface area contributed by atoms with Crippen molar-refractivity contribution < 1.29 is 95.3 Å². The molecule has 10 N–H and O–H groups in total. The molecule has 10 rings (SSSR count). The largest absolute Gasteiger partial charge is 0.507 e. The summed E-state index contributed by atoms with van der Waals surface area (Å²) in [5.41, 5.74) is -3.50. The first-order chi connectivity index (χ1) is 42.7. The summed E-state index contributed by atoms with van der Waals surface area (Å²) in [5.74, 6) is -0.370. The number of methoxy groups -OCH3 is 1. The van der Waals surface area contributed by atoms with E-state index >= 15 is 0 Å². The third-order valence-electron chi connectivity index (χ3n) is 17.1. The number of fused-ring (bicyclic) bond motifs is 7. The zero-order valence-corrected chi connectivity index (χ0v) is 49.9. The lowest BCUT2D eigenvalue weighted by Crippen LogP contribution is -2.55. The van der Waals surface area contributed by atoms with Gasteiger partial charge in [0.1, 0.15) is 35.0 Å². The molecule has 3 aliphatic heterocycles. The minimum absolute atomic E-state index is 0.0373. The minimum Gasteiger partial charge on any atom is -0.507 e. The van der Waals surface area contributed by atoms with Gasteiger partial charge in [0.25, 0.3) is 5.91 Å². The first-order valence-corrected chi connectivity index (χ1v) is 31.0. The average molecular weight is 1260 g/mol. The van der Waals surface area contributed by atoms with E-state index in [0.717, 1.165) is 25.7 Å². The molecule has 1 saturated carbocycles. The SMILES string of the molecule is CCO[C@H]1OCCN2[C@@H]1O[C@@H]1[C@H](C)O[C@@H](O[C@H]3C[C@](O)(C(=O)NCCNC(=O)CNC(=O)[C@H](Cc4ccccc4)NC(=O)CNC(=O)CNS(=O)(=O)NC(=O)OCC4[C@H]5CCC#CCC[C@@H]45)Cc4c(O)c5c(c(O)c43)C(=O)c3c(OC)cccc3C5=O)C[C@@H]12. The molecule has 12 atom stereocenters. The Morgan fingerprint density at radius 1 is 0.843 bits per heavy atom. The molecule has 3 aromatic carbocycles. The van der Waals surface area contributed by atoms with E-state index in [1.54, 1.807) is 42.0 Å². The van der Waals surface area contributed by atoms with Gasteiger partial charge in [-0.05, 0) is 56.1 Å². The fourth-order valence-corrected chi connectivity index (χ4v) is 13.5. The van der Waals surface area contributed by atoms with Crippen molar-refractivity contribution in [1.82, 2.24) is 40.9 Å². The lowest BCUT2D eigenvalue weighted by molar-refractivity contribution is -0.260. The first-order valence-electron chi connectivity index (χ1n) is 29.6. The highest BCUT2D eigenvalue weighted by Crippen LogP contribution is 2.54. The Labute approximate surface area is 512 Å². The molecule has 0 spiro atoms. The van der Waals surface area contributed by atoms with Crippen LogP contribution >= 0.6 is 0 Å². The van der Waals surface area contributed by atoms with E-state index in [0.29, 0.717) is 37.2 Å². The van der Waals surface area contributed by atoms with Crippen molar-refractivity contribution in [3.05, 3.63) is 87.5 Å². The topological polar surface area (TPSA) is 383 Å². The number of carbonyl (C=O) groups excluding carboxylic acids is 8.